The van der Waals surface area contributed by atoms with E-state index in [-0.39, 0.29) is 23.9 Å². The fourth-order valence-electron chi connectivity index (χ4n) is 4.52. The highest BCUT2D eigenvalue weighted by atomic mass is 35.5. The predicted molar refractivity (Wildman–Crippen MR) is 145 cm³/mol. The number of carbonyl (C=O) groups excluding carboxylic acids is 1. The van der Waals surface area contributed by atoms with Crippen LogP contribution in [-0.2, 0) is 21.4 Å². The molecule has 6 nitrogen and oxygen atoms in total. The van der Waals surface area contributed by atoms with E-state index < -0.39 is 10.0 Å². The molecule has 0 bridgehead atoms. The fourth-order valence-corrected chi connectivity index (χ4v) is 6.03. The molecule has 8 heteroatoms. The summed E-state index contributed by atoms with van der Waals surface area (Å²) in [5, 5.41) is 0.456. The normalized spacial score (nSPS) is 14.4. The van der Waals surface area contributed by atoms with Crippen molar-refractivity contribution in [2.75, 3.05) is 37.6 Å². The second-order valence-electron chi connectivity index (χ2n) is 9.30. The van der Waals surface area contributed by atoms with Crippen LogP contribution in [-0.4, -0.2) is 56.3 Å². The molecule has 0 aliphatic carbocycles. The van der Waals surface area contributed by atoms with Crippen molar-refractivity contribution in [3.05, 3.63) is 94.0 Å². The number of carbonyl (C=O) groups is 1. The van der Waals surface area contributed by atoms with E-state index in [1.165, 1.54) is 33.3 Å². The van der Waals surface area contributed by atoms with Crippen molar-refractivity contribution in [2.24, 2.45) is 0 Å². The molecule has 0 radical (unpaired) electrons. The van der Waals surface area contributed by atoms with Crippen molar-refractivity contribution in [1.29, 1.82) is 0 Å². The zero-order chi connectivity index (χ0) is 25.9. The maximum Gasteiger partial charge on any atom is 0.243 e. The van der Waals surface area contributed by atoms with Gasteiger partial charge in [0.05, 0.1) is 11.4 Å². The molecule has 3 aromatic rings. The van der Waals surface area contributed by atoms with Crippen molar-refractivity contribution < 1.29 is 13.2 Å². The minimum Gasteiger partial charge on any atom is -0.368 e. The van der Waals surface area contributed by atoms with Gasteiger partial charge in [0.15, 0.2) is 0 Å². The number of aryl methyl sites for hydroxylation is 2. The Bertz CT molecular complexity index is 1330. The lowest BCUT2D eigenvalue weighted by atomic mass is 10.1. The SMILES string of the molecule is Cc1cccc(CN(CC(=O)N2CCN(c3cccc(C)c3C)CC2)S(=O)(=O)c2ccc(Cl)cc2)c1. The lowest BCUT2D eigenvalue weighted by Crippen LogP contribution is -2.52. The Hall–Kier alpha value is -2.87. The van der Waals surface area contributed by atoms with Gasteiger partial charge in [-0.2, -0.15) is 4.31 Å². The largest absolute Gasteiger partial charge is 0.368 e. The third kappa shape index (κ3) is 5.91. The van der Waals surface area contributed by atoms with Gasteiger partial charge in [-0.1, -0.05) is 53.6 Å². The first-order valence-corrected chi connectivity index (χ1v) is 13.9. The van der Waals surface area contributed by atoms with Crippen LogP contribution in [0, 0.1) is 20.8 Å². The molecule has 0 atom stereocenters. The zero-order valence-corrected chi connectivity index (χ0v) is 22.5. The molecule has 0 spiro atoms. The fraction of sp³-hybridized carbons (Fsp3) is 0.321. The van der Waals surface area contributed by atoms with E-state index in [9.17, 15) is 13.2 Å². The van der Waals surface area contributed by atoms with Crippen molar-refractivity contribution in [2.45, 2.75) is 32.2 Å². The van der Waals surface area contributed by atoms with E-state index in [1.54, 1.807) is 17.0 Å². The van der Waals surface area contributed by atoms with E-state index in [0.29, 0.717) is 31.2 Å². The molecule has 1 amide bonds. The summed E-state index contributed by atoms with van der Waals surface area (Å²) < 4.78 is 28.4. The molecule has 1 fully saturated rings. The van der Waals surface area contributed by atoms with Gasteiger partial charge in [0, 0.05) is 43.4 Å². The van der Waals surface area contributed by atoms with Crippen LogP contribution in [0.25, 0.3) is 0 Å². The summed E-state index contributed by atoms with van der Waals surface area (Å²) in [4.78, 5) is 17.5. The van der Waals surface area contributed by atoms with Crippen molar-refractivity contribution in [3.8, 4) is 0 Å². The second-order valence-corrected chi connectivity index (χ2v) is 11.7. The monoisotopic (exact) mass is 525 g/mol. The number of hydrogen-bond donors (Lipinski definition) is 0. The van der Waals surface area contributed by atoms with E-state index in [2.05, 4.69) is 36.9 Å². The van der Waals surface area contributed by atoms with Crippen LogP contribution in [0.1, 0.15) is 22.3 Å². The Balaban J connectivity index is 1.51. The van der Waals surface area contributed by atoms with Gasteiger partial charge >= 0.3 is 0 Å². The molecule has 1 saturated heterocycles. The number of piperazine rings is 1. The van der Waals surface area contributed by atoms with E-state index in [1.807, 2.05) is 31.2 Å². The van der Waals surface area contributed by atoms with Crippen LogP contribution in [0.2, 0.25) is 5.02 Å². The van der Waals surface area contributed by atoms with E-state index >= 15 is 0 Å². The Labute approximate surface area is 219 Å². The van der Waals surface area contributed by atoms with E-state index in [0.717, 1.165) is 11.1 Å². The van der Waals surface area contributed by atoms with Gasteiger partial charge in [-0.3, -0.25) is 4.79 Å². The average molecular weight is 526 g/mol. The van der Waals surface area contributed by atoms with Gasteiger partial charge in [0.25, 0.3) is 0 Å². The molecule has 0 unspecified atom stereocenters. The molecule has 1 aliphatic rings. The first kappa shape index (κ1) is 26.2. The molecule has 36 heavy (non-hydrogen) atoms. The summed E-state index contributed by atoms with van der Waals surface area (Å²) in [6.07, 6.45) is 0. The number of amides is 1. The third-order valence-corrected chi connectivity index (χ3v) is 8.81. The number of sulfonamides is 1. The lowest BCUT2D eigenvalue weighted by Gasteiger charge is -2.37. The zero-order valence-electron chi connectivity index (χ0n) is 20.9. The summed E-state index contributed by atoms with van der Waals surface area (Å²) in [7, 11) is -3.91. The average Bonchev–Trinajstić information content (AvgIpc) is 2.86. The summed E-state index contributed by atoms with van der Waals surface area (Å²) in [5.41, 5.74) is 5.54. The van der Waals surface area contributed by atoms with Crippen LogP contribution in [0.3, 0.4) is 0 Å². The number of benzene rings is 3. The Morgan fingerprint density at radius 3 is 2.25 bits per heavy atom. The van der Waals surface area contributed by atoms with Crippen LogP contribution in [0.15, 0.2) is 71.6 Å². The van der Waals surface area contributed by atoms with Gasteiger partial charge in [0.1, 0.15) is 0 Å². The van der Waals surface area contributed by atoms with Gasteiger partial charge in [0.2, 0.25) is 15.9 Å². The number of nitrogens with zero attached hydrogens (tertiary/aromatic N) is 3. The van der Waals surface area contributed by atoms with Gasteiger partial charge in [-0.25, -0.2) is 8.42 Å². The van der Waals surface area contributed by atoms with E-state index in [4.69, 9.17) is 11.6 Å². The summed E-state index contributed by atoms with van der Waals surface area (Å²) >= 11 is 5.98. The highest BCUT2D eigenvalue weighted by Gasteiger charge is 2.30. The van der Waals surface area contributed by atoms with Gasteiger partial charge < -0.3 is 9.80 Å². The highest BCUT2D eigenvalue weighted by Crippen LogP contribution is 2.25. The molecule has 0 saturated carbocycles. The van der Waals surface area contributed by atoms with Crippen molar-refractivity contribution in [3.63, 3.8) is 0 Å². The molecule has 1 aliphatic heterocycles. The van der Waals surface area contributed by atoms with Gasteiger partial charge in [-0.05, 0) is 67.8 Å². The molecule has 1 heterocycles. The number of hydrogen-bond acceptors (Lipinski definition) is 4. The Morgan fingerprint density at radius 1 is 0.917 bits per heavy atom. The highest BCUT2D eigenvalue weighted by molar-refractivity contribution is 7.89. The predicted octanol–water partition coefficient (Wildman–Crippen LogP) is 4.80. The van der Waals surface area contributed by atoms with Crippen LogP contribution < -0.4 is 4.90 Å². The molecule has 0 aromatic heterocycles. The molecular formula is C28H32ClN3O3S. The minimum absolute atomic E-state index is 0.112. The molecule has 4 rings (SSSR count). The molecular weight excluding hydrogens is 494 g/mol. The minimum atomic E-state index is -3.91. The topological polar surface area (TPSA) is 60.9 Å². The number of anilines is 1. The van der Waals surface area contributed by atoms with Crippen LogP contribution >= 0.6 is 11.6 Å². The Morgan fingerprint density at radius 2 is 1.58 bits per heavy atom. The van der Waals surface area contributed by atoms with Crippen molar-refractivity contribution >= 4 is 33.2 Å². The first-order valence-electron chi connectivity index (χ1n) is 12.1. The van der Waals surface area contributed by atoms with Crippen LogP contribution in [0.4, 0.5) is 5.69 Å². The maximum absolute atomic E-state index is 13.6. The summed E-state index contributed by atoms with van der Waals surface area (Å²) in [6.45, 7) is 8.58. The van der Waals surface area contributed by atoms with Gasteiger partial charge in [-0.15, -0.1) is 0 Å². The first-order chi connectivity index (χ1) is 17.1. The third-order valence-electron chi connectivity index (χ3n) is 6.75. The lowest BCUT2D eigenvalue weighted by molar-refractivity contribution is -0.131. The Kier molecular flexibility index (Phi) is 8.03. The smallest absolute Gasteiger partial charge is 0.243 e. The second kappa shape index (κ2) is 11.0. The summed E-state index contributed by atoms with van der Waals surface area (Å²) in [6, 6.07) is 20.0. The summed E-state index contributed by atoms with van der Waals surface area (Å²) in [5.74, 6) is -0.194. The number of rotatable bonds is 7. The van der Waals surface area contributed by atoms with Crippen molar-refractivity contribution in [1.82, 2.24) is 9.21 Å². The van der Waals surface area contributed by atoms with Crippen LogP contribution in [0.5, 0.6) is 0 Å². The number of halogens is 1. The molecule has 3 aromatic carbocycles. The maximum atomic E-state index is 13.6. The molecule has 190 valence electrons. The molecule has 0 N–H and O–H groups in total. The standard InChI is InChI=1S/C28H32ClN3O3S/c1-21-6-4-8-24(18-21)19-32(36(34,35)26-12-10-25(29)11-13-26)20-28(33)31-16-14-30(15-17-31)27-9-5-7-22(2)23(27)3/h4-13,18H,14-17,19-20H2,1-3H3. The quantitative estimate of drug-likeness (QED) is 0.444.